The molecule has 8 heteroatoms. The number of halogens is 1. The maximum atomic E-state index is 14.7. The molecule has 5 rings (SSSR count). The third-order valence-electron chi connectivity index (χ3n) is 5.38. The lowest BCUT2D eigenvalue weighted by atomic mass is 10.1. The van der Waals surface area contributed by atoms with Crippen LogP contribution in [0, 0.1) is 12.7 Å². The molecule has 1 aliphatic carbocycles. The Hall–Kier alpha value is -3.00. The van der Waals surface area contributed by atoms with Gasteiger partial charge in [-0.05, 0) is 52.2 Å². The number of thiazole rings is 1. The van der Waals surface area contributed by atoms with Gasteiger partial charge in [0, 0.05) is 28.7 Å². The second kappa shape index (κ2) is 7.36. The van der Waals surface area contributed by atoms with Gasteiger partial charge in [-0.2, -0.15) is 5.10 Å². The van der Waals surface area contributed by atoms with Gasteiger partial charge in [0.15, 0.2) is 5.13 Å². The maximum Gasteiger partial charge on any atom is 0.188 e. The smallest absolute Gasteiger partial charge is 0.188 e. The minimum Gasteiger partial charge on any atom is -0.316 e. The number of hydrogen-bond acceptors (Lipinski definition) is 5. The van der Waals surface area contributed by atoms with Crippen molar-refractivity contribution in [2.75, 3.05) is 5.32 Å². The molecule has 0 radical (unpaired) electrons. The summed E-state index contributed by atoms with van der Waals surface area (Å²) in [5, 5.41) is 11.0. The summed E-state index contributed by atoms with van der Waals surface area (Å²) in [4.78, 5) is 8.88. The van der Waals surface area contributed by atoms with Crippen LogP contribution in [0.25, 0.3) is 16.9 Å². The molecule has 0 fully saturated rings. The van der Waals surface area contributed by atoms with Crippen molar-refractivity contribution >= 4 is 22.3 Å². The number of rotatable bonds is 5. The largest absolute Gasteiger partial charge is 0.316 e. The Balaban J connectivity index is 1.42. The van der Waals surface area contributed by atoms with E-state index in [9.17, 15) is 4.39 Å². The van der Waals surface area contributed by atoms with E-state index in [1.54, 1.807) is 23.2 Å². The second-order valence-electron chi connectivity index (χ2n) is 7.92. The van der Waals surface area contributed by atoms with Crippen molar-refractivity contribution in [1.82, 2.24) is 24.3 Å². The summed E-state index contributed by atoms with van der Waals surface area (Å²) >= 11 is 1.52. The van der Waals surface area contributed by atoms with Crippen molar-refractivity contribution in [3.05, 3.63) is 58.9 Å². The molecule has 0 saturated carbocycles. The van der Waals surface area contributed by atoms with E-state index in [1.807, 2.05) is 23.1 Å². The zero-order chi connectivity index (χ0) is 20.8. The maximum absolute atomic E-state index is 14.7. The van der Waals surface area contributed by atoms with Crippen molar-refractivity contribution in [3.8, 4) is 16.9 Å². The van der Waals surface area contributed by atoms with Crippen LogP contribution < -0.4 is 5.32 Å². The van der Waals surface area contributed by atoms with Gasteiger partial charge in [-0.15, -0.1) is 11.3 Å². The summed E-state index contributed by atoms with van der Waals surface area (Å²) in [6, 6.07) is 5.45. The number of aryl methyl sites for hydroxylation is 2. The zero-order valence-electron chi connectivity index (χ0n) is 17.2. The number of benzene rings is 1. The molecule has 3 heterocycles. The summed E-state index contributed by atoms with van der Waals surface area (Å²) in [6.07, 6.45) is 6.66. The van der Waals surface area contributed by atoms with Crippen molar-refractivity contribution in [2.24, 2.45) is 0 Å². The highest BCUT2D eigenvalue weighted by molar-refractivity contribution is 7.14. The van der Waals surface area contributed by atoms with Gasteiger partial charge in [-0.3, -0.25) is 0 Å². The summed E-state index contributed by atoms with van der Waals surface area (Å²) in [7, 11) is 0. The first kappa shape index (κ1) is 19.0. The highest BCUT2D eigenvalue weighted by atomic mass is 32.1. The van der Waals surface area contributed by atoms with Crippen LogP contribution in [0.15, 0.2) is 36.1 Å². The highest BCUT2D eigenvalue weighted by Gasteiger charge is 2.24. The van der Waals surface area contributed by atoms with E-state index in [2.05, 4.69) is 24.1 Å². The van der Waals surface area contributed by atoms with E-state index in [1.165, 1.54) is 28.7 Å². The standard InChI is InChI=1S/C22H23FN6S/c1-13(2)29-21(16-5-4-6-18(16)27-29)26-22-25-19(11-30-22)15-7-8-20(17(23)9-15)28-10-14(3)24-12-28/h7-13H,4-6H2,1-3H3,(H,25,26). The molecule has 1 aromatic carbocycles. The molecular weight excluding hydrogens is 399 g/mol. The van der Waals surface area contributed by atoms with Crippen LogP contribution in [0.3, 0.4) is 0 Å². The van der Waals surface area contributed by atoms with E-state index in [4.69, 9.17) is 10.1 Å². The van der Waals surface area contributed by atoms with Crippen molar-refractivity contribution in [1.29, 1.82) is 0 Å². The molecule has 0 atom stereocenters. The topological polar surface area (TPSA) is 60.6 Å². The van der Waals surface area contributed by atoms with E-state index in [0.717, 1.165) is 47.2 Å². The molecule has 154 valence electrons. The number of anilines is 2. The first-order valence-electron chi connectivity index (χ1n) is 10.1. The first-order chi connectivity index (χ1) is 14.5. The first-order valence-corrected chi connectivity index (χ1v) is 11.0. The molecule has 3 aromatic heterocycles. The molecule has 30 heavy (non-hydrogen) atoms. The van der Waals surface area contributed by atoms with Crippen molar-refractivity contribution < 1.29 is 4.39 Å². The predicted octanol–water partition coefficient (Wildman–Crippen LogP) is 5.45. The lowest BCUT2D eigenvalue weighted by Gasteiger charge is -2.12. The van der Waals surface area contributed by atoms with E-state index in [-0.39, 0.29) is 11.9 Å². The molecular formula is C22H23FN6S. The normalized spacial score (nSPS) is 13.2. The van der Waals surface area contributed by atoms with Crippen LogP contribution in [-0.2, 0) is 12.8 Å². The van der Waals surface area contributed by atoms with Crippen molar-refractivity contribution in [3.63, 3.8) is 0 Å². The second-order valence-corrected chi connectivity index (χ2v) is 8.78. The average Bonchev–Trinajstić information content (AvgIpc) is 3.47. The number of nitrogens with zero attached hydrogens (tertiary/aromatic N) is 5. The van der Waals surface area contributed by atoms with Gasteiger partial charge in [0.2, 0.25) is 0 Å². The quantitative estimate of drug-likeness (QED) is 0.464. The SMILES string of the molecule is Cc1cn(-c2ccc(-c3csc(Nc4c5c(nn4C(C)C)CCC5)n3)cc2F)cn1. The Kier molecular flexibility index (Phi) is 4.66. The lowest BCUT2D eigenvalue weighted by Crippen LogP contribution is -2.08. The monoisotopic (exact) mass is 422 g/mol. The van der Waals surface area contributed by atoms with Gasteiger partial charge in [-0.25, -0.2) is 19.0 Å². The molecule has 0 saturated heterocycles. The zero-order valence-corrected chi connectivity index (χ0v) is 18.0. The fraction of sp³-hybridized carbons (Fsp3) is 0.318. The van der Waals surface area contributed by atoms with Gasteiger partial charge in [0.25, 0.3) is 0 Å². The Morgan fingerprint density at radius 3 is 2.83 bits per heavy atom. The van der Waals surface area contributed by atoms with E-state index in [0.29, 0.717) is 5.69 Å². The number of hydrogen-bond donors (Lipinski definition) is 1. The average molecular weight is 423 g/mol. The number of imidazole rings is 1. The molecule has 0 aliphatic heterocycles. The Bertz CT molecular complexity index is 1220. The summed E-state index contributed by atoms with van der Waals surface area (Å²) in [5.74, 6) is 0.735. The number of nitrogens with one attached hydrogen (secondary N) is 1. The fourth-order valence-corrected chi connectivity index (χ4v) is 4.63. The minimum absolute atomic E-state index is 0.269. The summed E-state index contributed by atoms with van der Waals surface area (Å²) < 4.78 is 18.5. The summed E-state index contributed by atoms with van der Waals surface area (Å²) in [6.45, 7) is 6.15. The predicted molar refractivity (Wildman–Crippen MR) is 117 cm³/mol. The van der Waals surface area contributed by atoms with Crippen LogP contribution in [0.5, 0.6) is 0 Å². The van der Waals surface area contributed by atoms with Crippen LogP contribution >= 0.6 is 11.3 Å². The fourth-order valence-electron chi connectivity index (χ4n) is 3.91. The third kappa shape index (κ3) is 3.31. The number of fused-ring (bicyclic) bond motifs is 1. The molecule has 0 amide bonds. The lowest BCUT2D eigenvalue weighted by molar-refractivity contribution is 0.531. The third-order valence-corrected chi connectivity index (χ3v) is 6.14. The molecule has 0 unspecified atom stereocenters. The molecule has 0 spiro atoms. The van der Waals surface area contributed by atoms with Gasteiger partial charge in [-0.1, -0.05) is 6.07 Å². The van der Waals surface area contributed by atoms with E-state index >= 15 is 0 Å². The molecule has 6 nitrogen and oxygen atoms in total. The molecule has 1 aliphatic rings. The Morgan fingerprint density at radius 1 is 1.23 bits per heavy atom. The van der Waals surface area contributed by atoms with Crippen LogP contribution in [-0.4, -0.2) is 24.3 Å². The molecule has 4 aromatic rings. The Morgan fingerprint density at radius 2 is 2.10 bits per heavy atom. The molecule has 1 N–H and O–H groups in total. The highest BCUT2D eigenvalue weighted by Crippen LogP contribution is 2.35. The summed E-state index contributed by atoms with van der Waals surface area (Å²) in [5.41, 5.74) is 5.31. The van der Waals surface area contributed by atoms with Gasteiger partial charge >= 0.3 is 0 Å². The van der Waals surface area contributed by atoms with Gasteiger partial charge in [0.05, 0.1) is 29.1 Å². The number of aromatic nitrogens is 5. The van der Waals surface area contributed by atoms with Crippen LogP contribution in [0.4, 0.5) is 15.3 Å². The minimum atomic E-state index is -0.303. The van der Waals surface area contributed by atoms with Crippen LogP contribution in [0.2, 0.25) is 0 Å². The van der Waals surface area contributed by atoms with Crippen molar-refractivity contribution in [2.45, 2.75) is 46.1 Å². The molecule has 0 bridgehead atoms. The Labute approximate surface area is 178 Å². The van der Waals surface area contributed by atoms with Gasteiger partial charge in [0.1, 0.15) is 11.6 Å². The van der Waals surface area contributed by atoms with E-state index < -0.39 is 0 Å². The van der Waals surface area contributed by atoms with Gasteiger partial charge < -0.3 is 9.88 Å². The van der Waals surface area contributed by atoms with Crippen LogP contribution in [0.1, 0.15) is 43.3 Å².